The summed E-state index contributed by atoms with van der Waals surface area (Å²) in [5, 5.41) is 2.87. The van der Waals surface area contributed by atoms with E-state index in [1.165, 1.54) is 18.2 Å². The summed E-state index contributed by atoms with van der Waals surface area (Å²) in [5.41, 5.74) is -0.00996. The maximum absolute atomic E-state index is 12.9. The SMILES string of the molecule is COC1CC(NC(=O)c2cccc(F)n2)C1(C)C. The van der Waals surface area contributed by atoms with E-state index in [9.17, 15) is 9.18 Å². The molecule has 2 atom stereocenters. The molecule has 1 saturated carbocycles. The number of halogens is 1. The number of nitrogens with zero attached hydrogens (tertiary/aromatic N) is 1. The third-order valence-corrected chi connectivity index (χ3v) is 3.72. The Morgan fingerprint density at radius 1 is 1.56 bits per heavy atom. The second-order valence-electron chi connectivity index (χ2n) is 5.15. The smallest absolute Gasteiger partial charge is 0.270 e. The molecule has 5 heteroatoms. The van der Waals surface area contributed by atoms with Crippen LogP contribution in [0.5, 0.6) is 0 Å². The van der Waals surface area contributed by atoms with Crippen LogP contribution in [0.3, 0.4) is 0 Å². The predicted molar refractivity (Wildman–Crippen MR) is 64.6 cm³/mol. The highest BCUT2D eigenvalue weighted by molar-refractivity contribution is 5.92. The minimum absolute atomic E-state index is 0.0278. The molecule has 0 radical (unpaired) electrons. The summed E-state index contributed by atoms with van der Waals surface area (Å²) >= 11 is 0. The third-order valence-electron chi connectivity index (χ3n) is 3.72. The molecule has 1 aromatic heterocycles. The molecule has 0 spiro atoms. The molecule has 2 rings (SSSR count). The Kier molecular flexibility index (Phi) is 3.34. The van der Waals surface area contributed by atoms with E-state index in [1.54, 1.807) is 7.11 Å². The Bertz CT molecular complexity index is 462. The highest BCUT2D eigenvalue weighted by atomic mass is 19.1. The van der Waals surface area contributed by atoms with Gasteiger partial charge in [-0.2, -0.15) is 4.39 Å². The lowest BCUT2D eigenvalue weighted by Crippen LogP contribution is -2.61. The topological polar surface area (TPSA) is 51.2 Å². The van der Waals surface area contributed by atoms with Crippen LogP contribution in [0, 0.1) is 11.4 Å². The number of carbonyl (C=O) groups excluding carboxylic acids is 1. The Morgan fingerprint density at radius 2 is 2.28 bits per heavy atom. The second kappa shape index (κ2) is 4.65. The predicted octanol–water partition coefficient (Wildman–Crippen LogP) is 1.76. The molecule has 0 bridgehead atoms. The number of aromatic nitrogens is 1. The fourth-order valence-corrected chi connectivity index (χ4v) is 2.30. The number of hydrogen-bond donors (Lipinski definition) is 1. The van der Waals surface area contributed by atoms with Gasteiger partial charge in [-0.25, -0.2) is 4.98 Å². The standard InChI is InChI=1S/C13H17FN2O2/c1-13(2)9(7-10(13)18-3)16-12(17)8-5-4-6-11(14)15-8/h4-6,9-10H,7H2,1-3H3,(H,16,17). The van der Waals surface area contributed by atoms with Crippen molar-refractivity contribution in [1.29, 1.82) is 0 Å². The van der Waals surface area contributed by atoms with Gasteiger partial charge in [-0.05, 0) is 18.6 Å². The van der Waals surface area contributed by atoms with Gasteiger partial charge in [0.25, 0.3) is 5.91 Å². The molecule has 0 saturated heterocycles. The normalized spacial score (nSPS) is 25.3. The fourth-order valence-electron chi connectivity index (χ4n) is 2.30. The summed E-state index contributed by atoms with van der Waals surface area (Å²) in [6, 6.07) is 4.21. The van der Waals surface area contributed by atoms with E-state index in [1.807, 2.05) is 13.8 Å². The van der Waals surface area contributed by atoms with Crippen LogP contribution in [0.2, 0.25) is 0 Å². The first-order valence-electron chi connectivity index (χ1n) is 5.91. The zero-order valence-electron chi connectivity index (χ0n) is 10.7. The van der Waals surface area contributed by atoms with Gasteiger partial charge in [0.2, 0.25) is 5.95 Å². The summed E-state index contributed by atoms with van der Waals surface area (Å²) in [5.74, 6) is -0.993. The largest absolute Gasteiger partial charge is 0.381 e. The van der Waals surface area contributed by atoms with Crippen molar-refractivity contribution in [2.24, 2.45) is 5.41 Å². The van der Waals surface area contributed by atoms with Crippen molar-refractivity contribution in [3.05, 3.63) is 29.8 Å². The molecule has 1 N–H and O–H groups in total. The fraction of sp³-hybridized carbons (Fsp3) is 0.538. The number of methoxy groups -OCH3 is 1. The van der Waals surface area contributed by atoms with Crippen LogP contribution in [-0.2, 0) is 4.74 Å². The van der Waals surface area contributed by atoms with Crippen molar-refractivity contribution in [2.45, 2.75) is 32.4 Å². The van der Waals surface area contributed by atoms with E-state index >= 15 is 0 Å². The number of nitrogens with one attached hydrogen (secondary N) is 1. The third kappa shape index (κ3) is 2.22. The summed E-state index contributed by atoms with van der Waals surface area (Å²) in [4.78, 5) is 15.5. The van der Waals surface area contributed by atoms with Crippen LogP contribution < -0.4 is 5.32 Å². The van der Waals surface area contributed by atoms with Crippen molar-refractivity contribution < 1.29 is 13.9 Å². The Balaban J connectivity index is 2.01. The Morgan fingerprint density at radius 3 is 2.83 bits per heavy atom. The maximum Gasteiger partial charge on any atom is 0.270 e. The number of hydrogen-bond acceptors (Lipinski definition) is 3. The first kappa shape index (κ1) is 13.0. The van der Waals surface area contributed by atoms with Gasteiger partial charge in [-0.3, -0.25) is 4.79 Å². The number of carbonyl (C=O) groups is 1. The lowest BCUT2D eigenvalue weighted by atomic mass is 9.64. The van der Waals surface area contributed by atoms with Crippen molar-refractivity contribution in [3.8, 4) is 0 Å². The van der Waals surface area contributed by atoms with Crippen molar-refractivity contribution in [3.63, 3.8) is 0 Å². The van der Waals surface area contributed by atoms with E-state index < -0.39 is 5.95 Å². The number of ether oxygens (including phenoxy) is 1. The first-order chi connectivity index (χ1) is 8.45. The summed E-state index contributed by atoms with van der Waals surface area (Å²) in [7, 11) is 1.67. The van der Waals surface area contributed by atoms with Crippen LogP contribution in [-0.4, -0.2) is 30.1 Å². The van der Waals surface area contributed by atoms with Gasteiger partial charge in [0.15, 0.2) is 0 Å². The van der Waals surface area contributed by atoms with Gasteiger partial charge in [0.05, 0.1) is 6.10 Å². The number of amides is 1. The van der Waals surface area contributed by atoms with Gasteiger partial charge < -0.3 is 10.1 Å². The average molecular weight is 252 g/mol. The molecule has 1 aliphatic rings. The zero-order valence-corrected chi connectivity index (χ0v) is 10.7. The summed E-state index contributed by atoms with van der Waals surface area (Å²) < 4.78 is 18.2. The molecule has 1 aliphatic carbocycles. The van der Waals surface area contributed by atoms with Crippen LogP contribution >= 0.6 is 0 Å². The van der Waals surface area contributed by atoms with Gasteiger partial charge in [-0.1, -0.05) is 19.9 Å². The van der Waals surface area contributed by atoms with E-state index in [0.29, 0.717) is 0 Å². The summed E-state index contributed by atoms with van der Waals surface area (Å²) in [6.45, 7) is 4.07. The number of pyridine rings is 1. The van der Waals surface area contributed by atoms with Crippen LogP contribution in [0.1, 0.15) is 30.8 Å². The molecule has 98 valence electrons. The molecular formula is C13H17FN2O2. The molecule has 18 heavy (non-hydrogen) atoms. The van der Waals surface area contributed by atoms with Gasteiger partial charge in [0, 0.05) is 18.6 Å². The van der Waals surface area contributed by atoms with Gasteiger partial charge in [0.1, 0.15) is 5.69 Å². The van der Waals surface area contributed by atoms with Crippen molar-refractivity contribution >= 4 is 5.91 Å². The summed E-state index contributed by atoms with van der Waals surface area (Å²) in [6.07, 6.45) is 0.910. The van der Waals surface area contributed by atoms with Crippen LogP contribution in [0.4, 0.5) is 4.39 Å². The van der Waals surface area contributed by atoms with Crippen LogP contribution in [0.15, 0.2) is 18.2 Å². The lowest BCUT2D eigenvalue weighted by molar-refractivity contribution is -0.0942. The lowest BCUT2D eigenvalue weighted by Gasteiger charge is -2.51. The van der Waals surface area contributed by atoms with Crippen molar-refractivity contribution in [1.82, 2.24) is 10.3 Å². The van der Waals surface area contributed by atoms with E-state index in [4.69, 9.17) is 4.74 Å². The van der Waals surface area contributed by atoms with Crippen molar-refractivity contribution in [2.75, 3.05) is 7.11 Å². The van der Waals surface area contributed by atoms with Gasteiger partial charge >= 0.3 is 0 Å². The quantitative estimate of drug-likeness (QED) is 0.834. The average Bonchev–Trinajstić information content (AvgIpc) is 2.33. The van der Waals surface area contributed by atoms with Crippen LogP contribution in [0.25, 0.3) is 0 Å². The Labute approximate surface area is 106 Å². The van der Waals surface area contributed by atoms with E-state index in [0.717, 1.165) is 6.42 Å². The number of rotatable bonds is 3. The molecule has 0 aromatic carbocycles. The Hall–Kier alpha value is -1.49. The van der Waals surface area contributed by atoms with E-state index in [-0.39, 0.29) is 29.2 Å². The molecule has 2 unspecified atom stereocenters. The second-order valence-corrected chi connectivity index (χ2v) is 5.15. The monoisotopic (exact) mass is 252 g/mol. The van der Waals surface area contributed by atoms with Gasteiger partial charge in [-0.15, -0.1) is 0 Å². The molecule has 0 aliphatic heterocycles. The maximum atomic E-state index is 12.9. The minimum atomic E-state index is -0.648. The molecular weight excluding hydrogens is 235 g/mol. The zero-order chi connectivity index (χ0) is 13.3. The van der Waals surface area contributed by atoms with E-state index in [2.05, 4.69) is 10.3 Å². The highest BCUT2D eigenvalue weighted by Crippen LogP contribution is 2.42. The molecule has 1 amide bonds. The first-order valence-corrected chi connectivity index (χ1v) is 5.91. The molecule has 1 fully saturated rings. The molecule has 1 heterocycles. The minimum Gasteiger partial charge on any atom is -0.381 e. The molecule has 4 nitrogen and oxygen atoms in total. The molecule has 1 aromatic rings. The highest BCUT2D eigenvalue weighted by Gasteiger charge is 2.49.